The Bertz CT molecular complexity index is 295. The van der Waals surface area contributed by atoms with Crippen molar-refractivity contribution < 1.29 is 19.0 Å². The van der Waals surface area contributed by atoms with E-state index in [9.17, 15) is 4.79 Å². The highest BCUT2D eigenvalue weighted by atomic mass is 28.2. The number of hydrogen-bond donors (Lipinski definition) is 0. The zero-order valence-electron chi connectivity index (χ0n) is 14.7. The van der Waals surface area contributed by atoms with Gasteiger partial charge in [-0.1, -0.05) is 40.2 Å². The first-order valence-electron chi connectivity index (χ1n) is 8.45. The lowest BCUT2D eigenvalue weighted by atomic mass is 10.2. The Kier molecular flexibility index (Phi) is 14.8. The maximum Gasteiger partial charge on any atom is 0.333 e. The largest absolute Gasteiger partial charge is 0.462 e. The molecule has 0 spiro atoms. The summed E-state index contributed by atoms with van der Waals surface area (Å²) in [7, 11) is 0.660. The van der Waals surface area contributed by atoms with Gasteiger partial charge in [0.25, 0.3) is 0 Å². The minimum absolute atomic E-state index is 0.237. The van der Waals surface area contributed by atoms with Crippen LogP contribution in [0.1, 0.15) is 52.9 Å². The van der Waals surface area contributed by atoms with Crippen molar-refractivity contribution in [2.24, 2.45) is 0 Å². The minimum atomic E-state index is -0.446. The van der Waals surface area contributed by atoms with Crippen LogP contribution in [-0.2, 0) is 19.0 Å². The highest BCUT2D eigenvalue weighted by Crippen LogP contribution is 2.11. The lowest BCUT2D eigenvalue weighted by Gasteiger charge is -2.17. The van der Waals surface area contributed by atoms with Crippen LogP contribution in [0.15, 0.2) is 11.6 Å². The zero-order valence-corrected chi connectivity index (χ0v) is 15.7. The topological polar surface area (TPSA) is 44.8 Å². The van der Waals surface area contributed by atoms with Crippen LogP contribution in [0.25, 0.3) is 0 Å². The van der Waals surface area contributed by atoms with E-state index < -0.39 is 6.29 Å². The van der Waals surface area contributed by atoms with Crippen molar-refractivity contribution in [3.8, 4) is 0 Å². The minimum Gasteiger partial charge on any atom is -0.462 e. The third kappa shape index (κ3) is 11.0. The third-order valence-electron chi connectivity index (χ3n) is 2.96. The predicted octanol–water partition coefficient (Wildman–Crippen LogP) is 4.00. The number of unbranched alkanes of at least 4 members (excludes halogenated alkanes) is 2. The number of carbonyl (C=O) groups excluding carboxylic acids is 1. The summed E-state index contributed by atoms with van der Waals surface area (Å²) in [6, 6.07) is 0.716. The third-order valence-corrected chi connectivity index (χ3v) is 3.70. The number of hydrogen-bond acceptors (Lipinski definition) is 4. The highest BCUT2D eigenvalue weighted by molar-refractivity contribution is 6.35. The van der Waals surface area contributed by atoms with E-state index in [1.165, 1.54) is 0 Å². The van der Waals surface area contributed by atoms with Crippen molar-refractivity contribution >= 4 is 15.5 Å². The number of carbonyl (C=O) groups is 1. The molecule has 0 rings (SSSR count). The van der Waals surface area contributed by atoms with E-state index in [0.29, 0.717) is 41.0 Å². The molecule has 0 aliphatic carbocycles. The van der Waals surface area contributed by atoms with E-state index in [1.807, 2.05) is 6.92 Å². The summed E-state index contributed by atoms with van der Waals surface area (Å²) in [4.78, 5) is 12.1. The first kappa shape index (κ1) is 21.3. The molecule has 0 saturated heterocycles. The molecule has 0 aromatic carbocycles. The van der Waals surface area contributed by atoms with Crippen LogP contribution in [0.5, 0.6) is 0 Å². The average Bonchev–Trinajstić information content (AvgIpc) is 2.52. The van der Waals surface area contributed by atoms with E-state index in [-0.39, 0.29) is 5.97 Å². The van der Waals surface area contributed by atoms with E-state index in [2.05, 4.69) is 20.4 Å². The molecule has 0 heterocycles. The molecule has 0 aliphatic heterocycles. The summed E-state index contributed by atoms with van der Waals surface area (Å²) in [6.07, 6.45) is 6.33. The second-order valence-electron chi connectivity index (χ2n) is 5.18. The van der Waals surface area contributed by atoms with Gasteiger partial charge in [0, 0.05) is 15.1 Å². The molecular weight excluding hydrogens is 296 g/mol. The molecule has 4 nitrogen and oxygen atoms in total. The van der Waals surface area contributed by atoms with Gasteiger partial charge in [0.2, 0.25) is 0 Å². The van der Waals surface area contributed by atoms with Crippen molar-refractivity contribution in [1.29, 1.82) is 0 Å². The van der Waals surface area contributed by atoms with Gasteiger partial charge in [-0.2, -0.15) is 0 Å². The Morgan fingerprint density at radius 2 is 1.59 bits per heavy atom. The summed E-state index contributed by atoms with van der Waals surface area (Å²) in [5, 5.41) is 0. The van der Waals surface area contributed by atoms with Crippen molar-refractivity contribution in [3.05, 3.63) is 11.6 Å². The molecular formula is C17H32O4Si. The van der Waals surface area contributed by atoms with Crippen molar-refractivity contribution in [3.63, 3.8) is 0 Å². The van der Waals surface area contributed by atoms with Crippen LogP contribution >= 0.6 is 0 Å². The summed E-state index contributed by atoms with van der Waals surface area (Å²) >= 11 is 0. The molecule has 0 aliphatic rings. The Morgan fingerprint density at radius 1 is 1.00 bits per heavy atom. The maximum atomic E-state index is 12.1. The summed E-state index contributed by atoms with van der Waals surface area (Å²) in [6.45, 7) is 10.1. The molecule has 22 heavy (non-hydrogen) atoms. The predicted molar refractivity (Wildman–Crippen MR) is 91.3 cm³/mol. The summed E-state index contributed by atoms with van der Waals surface area (Å²) in [5.74, 6) is -0.237. The normalized spacial score (nSPS) is 12.0. The molecule has 0 aromatic rings. The summed E-state index contributed by atoms with van der Waals surface area (Å²) < 4.78 is 16.8. The Balaban J connectivity index is 4.72. The van der Waals surface area contributed by atoms with Crippen LogP contribution in [0.2, 0.25) is 12.6 Å². The fraction of sp³-hybridized carbons (Fsp3) is 0.824. The first-order valence-corrected chi connectivity index (χ1v) is 10.2. The fourth-order valence-corrected chi connectivity index (χ4v) is 2.32. The van der Waals surface area contributed by atoms with Gasteiger partial charge in [-0.3, -0.25) is 0 Å². The molecule has 0 saturated carbocycles. The van der Waals surface area contributed by atoms with Gasteiger partial charge in [0.15, 0.2) is 6.29 Å². The van der Waals surface area contributed by atoms with Crippen molar-refractivity contribution in [1.82, 2.24) is 0 Å². The SMILES string of the molecule is CCCCOC(C=C(C[Si]C)C(=O)OCCC)OCCCC. The molecule has 0 fully saturated rings. The van der Waals surface area contributed by atoms with Gasteiger partial charge in [-0.05, 0) is 31.4 Å². The number of ether oxygens (including phenoxy) is 3. The van der Waals surface area contributed by atoms with Gasteiger partial charge in [-0.15, -0.1) is 0 Å². The molecule has 0 amide bonds. The lowest BCUT2D eigenvalue weighted by Crippen LogP contribution is -2.19. The zero-order chi connectivity index (χ0) is 16.6. The van der Waals surface area contributed by atoms with Gasteiger partial charge < -0.3 is 14.2 Å². The van der Waals surface area contributed by atoms with Gasteiger partial charge in [0.1, 0.15) is 0 Å². The lowest BCUT2D eigenvalue weighted by molar-refractivity contribution is -0.140. The molecule has 0 bridgehead atoms. The maximum absolute atomic E-state index is 12.1. The smallest absolute Gasteiger partial charge is 0.333 e. The van der Waals surface area contributed by atoms with Gasteiger partial charge in [-0.25, -0.2) is 4.79 Å². The Hall–Kier alpha value is -0.653. The van der Waals surface area contributed by atoms with E-state index in [1.54, 1.807) is 6.08 Å². The molecule has 0 atom stereocenters. The van der Waals surface area contributed by atoms with Crippen LogP contribution in [-0.4, -0.2) is 41.6 Å². The van der Waals surface area contributed by atoms with E-state index >= 15 is 0 Å². The first-order chi connectivity index (χ1) is 10.7. The molecule has 5 heteroatoms. The van der Waals surface area contributed by atoms with Crippen LogP contribution in [0.4, 0.5) is 0 Å². The van der Waals surface area contributed by atoms with Gasteiger partial charge >= 0.3 is 5.97 Å². The molecule has 0 N–H and O–H groups in total. The standard InChI is InChI=1S/C17H32O4Si/c1-5-8-11-19-16(20-12-9-6-2)13-15(14-22-4)17(18)21-10-7-3/h13,16H,5-12,14H2,1-4H3. The average molecular weight is 329 g/mol. The van der Waals surface area contributed by atoms with Crippen molar-refractivity contribution in [2.75, 3.05) is 19.8 Å². The van der Waals surface area contributed by atoms with Crippen molar-refractivity contribution in [2.45, 2.75) is 71.8 Å². The molecule has 2 radical (unpaired) electrons. The number of esters is 1. The number of rotatable bonds is 14. The second kappa shape index (κ2) is 15.3. The summed E-state index contributed by atoms with van der Waals surface area (Å²) in [5.41, 5.74) is 0.673. The quantitative estimate of drug-likeness (QED) is 0.159. The Morgan fingerprint density at radius 3 is 2.05 bits per heavy atom. The highest BCUT2D eigenvalue weighted by Gasteiger charge is 2.15. The molecule has 0 unspecified atom stereocenters. The van der Waals surface area contributed by atoms with Crippen LogP contribution in [0.3, 0.4) is 0 Å². The molecule has 128 valence electrons. The van der Waals surface area contributed by atoms with Crippen LogP contribution < -0.4 is 0 Å². The molecule has 0 aromatic heterocycles. The van der Waals surface area contributed by atoms with Crippen LogP contribution in [0, 0.1) is 0 Å². The fourth-order valence-electron chi connectivity index (χ4n) is 1.67. The second-order valence-corrected chi connectivity index (χ2v) is 6.24. The van der Waals surface area contributed by atoms with E-state index in [0.717, 1.165) is 32.1 Å². The van der Waals surface area contributed by atoms with Gasteiger partial charge in [0.05, 0.1) is 19.8 Å². The monoisotopic (exact) mass is 328 g/mol. The Labute approximate surface area is 138 Å². The van der Waals surface area contributed by atoms with E-state index in [4.69, 9.17) is 14.2 Å².